The van der Waals surface area contributed by atoms with Crippen LogP contribution in [0.2, 0.25) is 0 Å². The van der Waals surface area contributed by atoms with E-state index in [9.17, 15) is 9.90 Å². The van der Waals surface area contributed by atoms with E-state index < -0.39 is 12.0 Å². The van der Waals surface area contributed by atoms with Crippen molar-refractivity contribution in [1.29, 1.82) is 0 Å². The van der Waals surface area contributed by atoms with Gasteiger partial charge in [0, 0.05) is 6.42 Å². The van der Waals surface area contributed by atoms with Crippen molar-refractivity contribution in [3.8, 4) is 11.8 Å². The van der Waals surface area contributed by atoms with Gasteiger partial charge in [-0.2, -0.15) is 0 Å². The average molecular weight is 236 g/mol. The molecule has 1 rings (SSSR count). The molecule has 0 aliphatic heterocycles. The zero-order chi connectivity index (χ0) is 12.7. The fourth-order valence-corrected chi connectivity index (χ4v) is 1.29. The maximum atomic E-state index is 11.0. The van der Waals surface area contributed by atoms with Crippen LogP contribution in [0.4, 0.5) is 0 Å². The zero-order valence-electron chi connectivity index (χ0n) is 9.97. The number of rotatable bonds is 4. The molecule has 0 spiro atoms. The Kier molecular flexibility index (Phi) is 5.31. The quantitative estimate of drug-likeness (QED) is 0.640. The first-order valence-electron chi connectivity index (χ1n) is 5.43. The van der Waals surface area contributed by atoms with E-state index in [1.54, 1.807) is 19.1 Å². The number of carbonyl (C=O) groups excluding carboxylic acids is 1. The third-order valence-electron chi connectivity index (χ3n) is 2.29. The lowest BCUT2D eigenvalue weighted by Crippen LogP contribution is -2.10. The van der Waals surface area contributed by atoms with E-state index in [1.807, 2.05) is 0 Å². The van der Waals surface area contributed by atoms with Crippen LogP contribution in [0.15, 0.2) is 22.8 Å². The zero-order valence-corrected chi connectivity index (χ0v) is 9.97. The molecule has 4 heteroatoms. The minimum atomic E-state index is -0.646. The van der Waals surface area contributed by atoms with Gasteiger partial charge in [0.25, 0.3) is 0 Å². The van der Waals surface area contributed by atoms with Gasteiger partial charge in [-0.25, -0.2) is 0 Å². The SMILES string of the molecule is COC(=O)C(C)C#CCCC(O)c1ccco1. The van der Waals surface area contributed by atoms with Crippen molar-refractivity contribution in [3.05, 3.63) is 24.2 Å². The lowest BCUT2D eigenvalue weighted by atomic mass is 10.1. The average Bonchev–Trinajstić information content (AvgIpc) is 2.86. The molecule has 92 valence electrons. The third kappa shape index (κ3) is 4.33. The van der Waals surface area contributed by atoms with Crippen molar-refractivity contribution >= 4 is 5.97 Å². The summed E-state index contributed by atoms with van der Waals surface area (Å²) in [6, 6.07) is 3.44. The fourth-order valence-electron chi connectivity index (χ4n) is 1.29. The van der Waals surface area contributed by atoms with Crippen molar-refractivity contribution in [2.24, 2.45) is 5.92 Å². The summed E-state index contributed by atoms with van der Waals surface area (Å²) in [4.78, 5) is 11.0. The van der Waals surface area contributed by atoms with E-state index in [-0.39, 0.29) is 5.97 Å². The predicted octanol–water partition coefficient (Wildman–Crippen LogP) is 1.91. The van der Waals surface area contributed by atoms with Gasteiger partial charge in [0.2, 0.25) is 0 Å². The largest absolute Gasteiger partial charge is 0.468 e. The van der Waals surface area contributed by atoms with Gasteiger partial charge in [-0.3, -0.25) is 4.79 Å². The van der Waals surface area contributed by atoms with Crippen LogP contribution in [-0.4, -0.2) is 18.2 Å². The number of hydrogen-bond acceptors (Lipinski definition) is 4. The van der Waals surface area contributed by atoms with E-state index >= 15 is 0 Å². The maximum absolute atomic E-state index is 11.0. The first-order chi connectivity index (χ1) is 8.15. The van der Waals surface area contributed by atoms with Gasteiger partial charge in [-0.05, 0) is 25.5 Å². The molecule has 0 aromatic carbocycles. The number of methoxy groups -OCH3 is 1. The van der Waals surface area contributed by atoms with Gasteiger partial charge in [-0.1, -0.05) is 5.92 Å². The summed E-state index contributed by atoms with van der Waals surface area (Å²) in [6.45, 7) is 1.68. The Morgan fingerprint density at radius 1 is 1.65 bits per heavy atom. The number of carbonyl (C=O) groups is 1. The van der Waals surface area contributed by atoms with Crippen LogP contribution in [-0.2, 0) is 9.53 Å². The third-order valence-corrected chi connectivity index (χ3v) is 2.29. The highest BCUT2D eigenvalue weighted by atomic mass is 16.5. The lowest BCUT2D eigenvalue weighted by molar-refractivity contribution is -0.142. The van der Waals surface area contributed by atoms with Gasteiger partial charge in [-0.15, -0.1) is 5.92 Å². The molecule has 1 aromatic heterocycles. The Hall–Kier alpha value is -1.73. The topological polar surface area (TPSA) is 59.7 Å². The summed E-state index contributed by atoms with van der Waals surface area (Å²) >= 11 is 0. The Morgan fingerprint density at radius 3 is 3.00 bits per heavy atom. The molecule has 1 aromatic rings. The summed E-state index contributed by atoms with van der Waals surface area (Å²) < 4.78 is 9.60. The Bertz CT molecular complexity index is 397. The van der Waals surface area contributed by atoms with Gasteiger partial charge in [0.05, 0.1) is 13.4 Å². The smallest absolute Gasteiger partial charge is 0.320 e. The summed E-state index contributed by atoms with van der Waals surface area (Å²) in [7, 11) is 1.33. The first-order valence-corrected chi connectivity index (χ1v) is 5.43. The molecule has 0 aliphatic carbocycles. The monoisotopic (exact) mass is 236 g/mol. The van der Waals surface area contributed by atoms with E-state index in [1.165, 1.54) is 13.4 Å². The molecule has 4 nitrogen and oxygen atoms in total. The van der Waals surface area contributed by atoms with Gasteiger partial charge in [0.15, 0.2) is 0 Å². The lowest BCUT2D eigenvalue weighted by Gasteiger charge is -2.04. The number of aliphatic hydroxyl groups is 1. The Balaban J connectivity index is 2.33. The molecule has 0 aliphatic rings. The number of aliphatic hydroxyl groups excluding tert-OH is 1. The van der Waals surface area contributed by atoms with Crippen LogP contribution in [0.5, 0.6) is 0 Å². The summed E-state index contributed by atoms with van der Waals surface area (Å²) in [6.07, 6.45) is 1.86. The highest BCUT2D eigenvalue weighted by molar-refractivity contribution is 5.75. The van der Waals surface area contributed by atoms with Crippen LogP contribution in [0.1, 0.15) is 31.6 Å². The molecule has 0 bridgehead atoms. The van der Waals surface area contributed by atoms with Crippen LogP contribution in [0.3, 0.4) is 0 Å². The van der Waals surface area contributed by atoms with E-state index in [0.29, 0.717) is 18.6 Å². The molecule has 2 unspecified atom stereocenters. The fraction of sp³-hybridized carbons (Fsp3) is 0.462. The summed E-state index contributed by atoms with van der Waals surface area (Å²) in [5.74, 6) is 5.37. The molecule has 0 fully saturated rings. The Morgan fingerprint density at radius 2 is 2.41 bits per heavy atom. The van der Waals surface area contributed by atoms with Crippen molar-refractivity contribution < 1.29 is 19.1 Å². The van der Waals surface area contributed by atoms with Crippen molar-refractivity contribution in [2.45, 2.75) is 25.9 Å². The molecule has 17 heavy (non-hydrogen) atoms. The van der Waals surface area contributed by atoms with Gasteiger partial charge >= 0.3 is 5.97 Å². The maximum Gasteiger partial charge on any atom is 0.320 e. The van der Waals surface area contributed by atoms with Crippen LogP contribution in [0.25, 0.3) is 0 Å². The first kappa shape index (κ1) is 13.3. The molecule has 0 radical (unpaired) electrons. The number of hydrogen-bond donors (Lipinski definition) is 1. The molecule has 2 atom stereocenters. The van der Waals surface area contributed by atoms with E-state index in [4.69, 9.17) is 4.42 Å². The van der Waals surface area contributed by atoms with Gasteiger partial charge in [0.1, 0.15) is 17.8 Å². The normalized spacial score (nSPS) is 13.4. The van der Waals surface area contributed by atoms with Crippen molar-refractivity contribution in [3.63, 3.8) is 0 Å². The second-order valence-corrected chi connectivity index (χ2v) is 3.64. The molecular formula is C13H16O4. The minimum absolute atomic E-state index is 0.343. The molecule has 1 N–H and O–H groups in total. The molecular weight excluding hydrogens is 220 g/mol. The summed E-state index contributed by atoms with van der Waals surface area (Å²) in [5.41, 5.74) is 0. The summed E-state index contributed by atoms with van der Waals surface area (Å²) in [5, 5.41) is 9.68. The van der Waals surface area contributed by atoms with E-state index in [0.717, 1.165) is 0 Å². The highest BCUT2D eigenvalue weighted by Crippen LogP contribution is 2.17. The molecule has 0 amide bonds. The van der Waals surface area contributed by atoms with Crippen LogP contribution >= 0.6 is 0 Å². The number of ether oxygens (including phenoxy) is 1. The highest BCUT2D eigenvalue weighted by Gasteiger charge is 2.10. The van der Waals surface area contributed by atoms with Crippen molar-refractivity contribution in [1.82, 2.24) is 0 Å². The second-order valence-electron chi connectivity index (χ2n) is 3.64. The van der Waals surface area contributed by atoms with Crippen molar-refractivity contribution in [2.75, 3.05) is 7.11 Å². The molecule has 1 heterocycles. The van der Waals surface area contributed by atoms with Crippen LogP contribution < -0.4 is 0 Å². The number of furan rings is 1. The Labute approximate surface area is 101 Å². The molecule has 0 saturated heterocycles. The molecule has 0 saturated carbocycles. The predicted molar refractivity (Wildman–Crippen MR) is 61.9 cm³/mol. The van der Waals surface area contributed by atoms with Crippen LogP contribution in [0, 0.1) is 17.8 Å². The second kappa shape index (κ2) is 6.77. The van der Waals surface area contributed by atoms with Gasteiger partial charge < -0.3 is 14.3 Å². The van der Waals surface area contributed by atoms with E-state index in [2.05, 4.69) is 16.6 Å². The standard InChI is InChI=1S/C13H16O4/c1-10(13(15)16-2)6-3-4-7-11(14)12-8-5-9-17-12/h5,8-11,14H,4,7H2,1-2H3. The number of esters is 1. The minimum Gasteiger partial charge on any atom is -0.468 e.